The molecule has 96 valence electrons. The van der Waals surface area contributed by atoms with E-state index in [4.69, 9.17) is 5.73 Å². The Bertz CT molecular complexity index is 462. The summed E-state index contributed by atoms with van der Waals surface area (Å²) in [4.78, 5) is 3.32. The van der Waals surface area contributed by atoms with Crippen molar-refractivity contribution in [2.24, 2.45) is 5.73 Å². The minimum Gasteiger partial charge on any atom is -0.328 e. The zero-order chi connectivity index (χ0) is 12.9. The van der Waals surface area contributed by atoms with Crippen LogP contribution in [0.3, 0.4) is 0 Å². The van der Waals surface area contributed by atoms with Crippen molar-refractivity contribution in [3.05, 3.63) is 24.3 Å². The molecule has 0 saturated heterocycles. The van der Waals surface area contributed by atoms with Gasteiger partial charge in [0.15, 0.2) is 0 Å². The maximum atomic E-state index is 12.8. The molecule has 0 aromatic carbocycles. The van der Waals surface area contributed by atoms with E-state index in [9.17, 15) is 12.8 Å². The number of aromatic nitrogens is 1. The van der Waals surface area contributed by atoms with Gasteiger partial charge in [-0.2, -0.15) is 0 Å². The van der Waals surface area contributed by atoms with Gasteiger partial charge in [-0.3, -0.25) is 4.98 Å². The van der Waals surface area contributed by atoms with Crippen LogP contribution >= 0.6 is 0 Å². The molecule has 3 N–H and O–H groups in total. The molecule has 0 spiro atoms. The van der Waals surface area contributed by atoms with Gasteiger partial charge in [-0.15, -0.1) is 0 Å². The van der Waals surface area contributed by atoms with Crippen LogP contribution < -0.4 is 10.5 Å². The molecule has 1 aromatic rings. The molecule has 1 unspecified atom stereocenters. The predicted molar refractivity (Wildman–Crippen MR) is 62.3 cm³/mol. The third-order valence-electron chi connectivity index (χ3n) is 2.12. The Morgan fingerprint density at radius 3 is 2.82 bits per heavy atom. The second kappa shape index (κ2) is 6.04. The third-order valence-corrected chi connectivity index (χ3v) is 3.55. The smallest absolute Gasteiger partial charge is 0.242 e. The van der Waals surface area contributed by atoms with E-state index >= 15 is 0 Å². The number of rotatable bonds is 6. The van der Waals surface area contributed by atoms with Crippen molar-refractivity contribution in [3.63, 3.8) is 0 Å². The second-order valence-corrected chi connectivity index (χ2v) is 5.62. The fourth-order valence-electron chi connectivity index (χ4n) is 1.25. The van der Waals surface area contributed by atoms with E-state index in [1.165, 1.54) is 0 Å². The molecule has 1 aromatic heterocycles. The lowest BCUT2D eigenvalue weighted by molar-refractivity contribution is 0.564. The normalized spacial score (nSPS) is 13.6. The largest absolute Gasteiger partial charge is 0.328 e. The molecule has 1 rings (SSSR count). The van der Waals surface area contributed by atoms with Gasteiger partial charge < -0.3 is 5.73 Å². The van der Waals surface area contributed by atoms with Crippen LogP contribution in [0.1, 0.15) is 19.8 Å². The molecule has 1 atom stereocenters. The van der Waals surface area contributed by atoms with Crippen molar-refractivity contribution < 1.29 is 12.8 Å². The fraction of sp³-hybridized carbons (Fsp3) is 0.500. The number of nitrogens with two attached hydrogens (primary N) is 1. The number of hydrogen-bond donors (Lipinski definition) is 2. The van der Waals surface area contributed by atoms with Crippen molar-refractivity contribution in [2.45, 2.75) is 30.7 Å². The maximum Gasteiger partial charge on any atom is 0.242 e. The van der Waals surface area contributed by atoms with Crippen molar-refractivity contribution in [1.29, 1.82) is 0 Å². The van der Waals surface area contributed by atoms with Gasteiger partial charge in [-0.1, -0.05) is 0 Å². The molecular formula is C10H16FN3O2S. The highest BCUT2D eigenvalue weighted by molar-refractivity contribution is 7.89. The summed E-state index contributed by atoms with van der Waals surface area (Å²) in [6, 6.07) is 0.969. The zero-order valence-corrected chi connectivity index (χ0v) is 10.4. The zero-order valence-electron chi connectivity index (χ0n) is 9.56. The molecule has 0 amide bonds. The van der Waals surface area contributed by atoms with E-state index < -0.39 is 15.8 Å². The van der Waals surface area contributed by atoms with Crippen LogP contribution in [0.25, 0.3) is 0 Å². The molecule has 0 radical (unpaired) electrons. The van der Waals surface area contributed by atoms with Crippen molar-refractivity contribution in [2.75, 3.05) is 6.54 Å². The first-order valence-electron chi connectivity index (χ1n) is 5.27. The summed E-state index contributed by atoms with van der Waals surface area (Å²) in [7, 11) is -3.67. The van der Waals surface area contributed by atoms with Gasteiger partial charge in [0.25, 0.3) is 0 Å². The quantitative estimate of drug-likeness (QED) is 0.735. The highest BCUT2D eigenvalue weighted by Crippen LogP contribution is 2.08. The molecule has 0 aliphatic carbocycles. The average molecular weight is 261 g/mol. The topological polar surface area (TPSA) is 85.1 Å². The molecule has 0 saturated carbocycles. The van der Waals surface area contributed by atoms with E-state index in [1.54, 1.807) is 0 Å². The summed E-state index contributed by atoms with van der Waals surface area (Å²) < 4.78 is 38.5. The molecule has 0 aliphatic rings. The monoisotopic (exact) mass is 261 g/mol. The first kappa shape index (κ1) is 14.0. The molecule has 1 heterocycles. The number of sulfonamides is 1. The van der Waals surface area contributed by atoms with Gasteiger partial charge in [0, 0.05) is 18.8 Å². The van der Waals surface area contributed by atoms with Crippen LogP contribution in [0.2, 0.25) is 0 Å². The van der Waals surface area contributed by atoms with Crippen LogP contribution in [0.4, 0.5) is 4.39 Å². The standard InChI is InChI=1S/C10H16FN3O2S/c1-8(12)3-2-4-14-17(15,16)10-5-9(11)6-13-7-10/h5-8,14H,2-4,12H2,1H3. The average Bonchev–Trinajstić information content (AvgIpc) is 2.24. The van der Waals surface area contributed by atoms with E-state index in [0.717, 1.165) is 24.9 Å². The Morgan fingerprint density at radius 1 is 1.53 bits per heavy atom. The van der Waals surface area contributed by atoms with Gasteiger partial charge in [0.1, 0.15) is 10.7 Å². The number of pyridine rings is 1. The molecule has 7 heteroatoms. The molecule has 5 nitrogen and oxygen atoms in total. The Kier molecular flexibility index (Phi) is 4.98. The van der Waals surface area contributed by atoms with E-state index in [1.807, 2.05) is 6.92 Å². The highest BCUT2D eigenvalue weighted by atomic mass is 32.2. The summed E-state index contributed by atoms with van der Waals surface area (Å²) in [5, 5.41) is 0. The number of halogens is 1. The predicted octanol–water partition coefficient (Wildman–Crippen LogP) is 0.626. The lowest BCUT2D eigenvalue weighted by Gasteiger charge is -2.07. The summed E-state index contributed by atoms with van der Waals surface area (Å²) in [6.07, 6.45) is 3.43. The van der Waals surface area contributed by atoms with Crippen molar-refractivity contribution in [1.82, 2.24) is 9.71 Å². The van der Waals surface area contributed by atoms with E-state index in [0.29, 0.717) is 6.42 Å². The Balaban J connectivity index is 2.57. The van der Waals surface area contributed by atoms with Crippen LogP contribution in [0.5, 0.6) is 0 Å². The van der Waals surface area contributed by atoms with Crippen molar-refractivity contribution in [3.8, 4) is 0 Å². The molecular weight excluding hydrogens is 245 g/mol. The van der Waals surface area contributed by atoms with E-state index in [-0.39, 0.29) is 17.5 Å². The first-order valence-corrected chi connectivity index (χ1v) is 6.76. The van der Waals surface area contributed by atoms with Gasteiger partial charge in [-0.25, -0.2) is 17.5 Å². The maximum absolute atomic E-state index is 12.8. The number of hydrogen-bond acceptors (Lipinski definition) is 4. The lowest BCUT2D eigenvalue weighted by atomic mass is 10.2. The minimum absolute atomic E-state index is 0.0374. The van der Waals surface area contributed by atoms with Crippen LogP contribution in [0, 0.1) is 5.82 Å². The summed E-state index contributed by atoms with van der Waals surface area (Å²) in [5.74, 6) is -0.677. The fourth-order valence-corrected chi connectivity index (χ4v) is 2.30. The number of nitrogens with zero attached hydrogens (tertiary/aromatic N) is 1. The Morgan fingerprint density at radius 2 is 2.24 bits per heavy atom. The molecule has 0 bridgehead atoms. The Hall–Kier alpha value is -1.05. The second-order valence-electron chi connectivity index (χ2n) is 3.86. The van der Waals surface area contributed by atoms with E-state index in [2.05, 4.69) is 9.71 Å². The first-order chi connectivity index (χ1) is 7.92. The lowest BCUT2D eigenvalue weighted by Crippen LogP contribution is -2.26. The minimum atomic E-state index is -3.67. The third kappa shape index (κ3) is 4.76. The van der Waals surface area contributed by atoms with Crippen LogP contribution in [0.15, 0.2) is 23.4 Å². The highest BCUT2D eigenvalue weighted by Gasteiger charge is 2.14. The molecule has 17 heavy (non-hydrogen) atoms. The van der Waals surface area contributed by atoms with Crippen LogP contribution in [-0.4, -0.2) is 26.0 Å². The Labute approximate surface area is 100 Å². The van der Waals surface area contributed by atoms with Gasteiger partial charge in [-0.05, 0) is 25.8 Å². The van der Waals surface area contributed by atoms with Crippen molar-refractivity contribution >= 4 is 10.0 Å². The van der Waals surface area contributed by atoms with Crippen LogP contribution in [-0.2, 0) is 10.0 Å². The van der Waals surface area contributed by atoms with Gasteiger partial charge >= 0.3 is 0 Å². The van der Waals surface area contributed by atoms with Gasteiger partial charge in [0.2, 0.25) is 10.0 Å². The molecule has 0 aliphatic heterocycles. The summed E-state index contributed by atoms with van der Waals surface area (Å²) in [5.41, 5.74) is 5.54. The summed E-state index contributed by atoms with van der Waals surface area (Å²) >= 11 is 0. The summed E-state index contributed by atoms with van der Waals surface area (Å²) in [6.45, 7) is 2.13. The SMILES string of the molecule is CC(N)CCCNS(=O)(=O)c1cncc(F)c1. The van der Waals surface area contributed by atoms with Gasteiger partial charge in [0.05, 0.1) is 6.20 Å². The number of nitrogens with one attached hydrogen (secondary N) is 1. The molecule has 0 fully saturated rings.